The normalized spacial score (nSPS) is 23.0. The number of nitrogens with zero attached hydrogens (tertiary/aromatic N) is 2. The van der Waals surface area contributed by atoms with E-state index < -0.39 is 0 Å². The van der Waals surface area contributed by atoms with Crippen LogP contribution in [0, 0.1) is 5.92 Å². The highest BCUT2D eigenvalue weighted by Gasteiger charge is 2.25. The summed E-state index contributed by atoms with van der Waals surface area (Å²) >= 11 is 0. The molecular formula is C17H33N3O2. The van der Waals surface area contributed by atoms with Crippen LogP contribution in [-0.4, -0.2) is 73.7 Å². The van der Waals surface area contributed by atoms with Gasteiger partial charge in [-0.3, -0.25) is 9.69 Å². The second kappa shape index (κ2) is 8.85. The molecule has 0 unspecified atom stereocenters. The Morgan fingerprint density at radius 1 is 1.18 bits per heavy atom. The van der Waals surface area contributed by atoms with Gasteiger partial charge in [-0.25, -0.2) is 0 Å². The van der Waals surface area contributed by atoms with E-state index in [2.05, 4.69) is 17.1 Å². The maximum Gasteiger partial charge on any atom is 0.225 e. The van der Waals surface area contributed by atoms with Gasteiger partial charge in [-0.1, -0.05) is 20.8 Å². The van der Waals surface area contributed by atoms with Crippen molar-refractivity contribution in [1.29, 1.82) is 0 Å². The second-order valence-electron chi connectivity index (χ2n) is 6.87. The van der Waals surface area contributed by atoms with Crippen LogP contribution in [0.1, 0.15) is 40.0 Å². The number of hydrogen-bond acceptors (Lipinski definition) is 4. The van der Waals surface area contributed by atoms with Crippen molar-refractivity contribution in [2.45, 2.75) is 52.1 Å². The van der Waals surface area contributed by atoms with Gasteiger partial charge in [0.15, 0.2) is 0 Å². The molecule has 0 radical (unpaired) electrons. The number of amides is 1. The summed E-state index contributed by atoms with van der Waals surface area (Å²) in [7, 11) is 0. The zero-order valence-electron chi connectivity index (χ0n) is 14.5. The van der Waals surface area contributed by atoms with E-state index in [9.17, 15) is 4.79 Å². The fraction of sp³-hybridized carbons (Fsp3) is 0.941. The third kappa shape index (κ3) is 4.93. The molecule has 0 spiro atoms. The van der Waals surface area contributed by atoms with Crippen molar-refractivity contribution >= 4 is 5.91 Å². The summed E-state index contributed by atoms with van der Waals surface area (Å²) in [6, 6.07) is 1.17. The van der Waals surface area contributed by atoms with Crippen LogP contribution in [0.2, 0.25) is 0 Å². The minimum absolute atomic E-state index is 0.121. The summed E-state index contributed by atoms with van der Waals surface area (Å²) in [6.07, 6.45) is 3.34. The number of piperidine rings is 1. The summed E-state index contributed by atoms with van der Waals surface area (Å²) in [5.74, 6) is 0.425. The molecule has 0 bridgehead atoms. The molecule has 2 aliphatic rings. The Labute approximate surface area is 135 Å². The molecule has 0 aromatic carbocycles. The van der Waals surface area contributed by atoms with Crippen molar-refractivity contribution in [2.75, 3.05) is 45.9 Å². The molecule has 2 saturated heterocycles. The minimum Gasteiger partial charge on any atom is -0.379 e. The van der Waals surface area contributed by atoms with E-state index in [0.717, 1.165) is 58.8 Å². The first-order valence-electron chi connectivity index (χ1n) is 8.95. The number of carbonyl (C=O) groups is 1. The molecule has 1 atom stereocenters. The number of rotatable bonds is 6. The van der Waals surface area contributed by atoms with Crippen molar-refractivity contribution in [3.8, 4) is 0 Å². The van der Waals surface area contributed by atoms with Crippen molar-refractivity contribution in [3.63, 3.8) is 0 Å². The Kier molecular flexibility index (Phi) is 7.12. The Morgan fingerprint density at radius 3 is 2.36 bits per heavy atom. The molecule has 5 nitrogen and oxygen atoms in total. The van der Waals surface area contributed by atoms with Gasteiger partial charge in [0.2, 0.25) is 5.91 Å². The Morgan fingerprint density at radius 2 is 1.82 bits per heavy atom. The van der Waals surface area contributed by atoms with Gasteiger partial charge in [-0.2, -0.15) is 0 Å². The molecule has 5 heteroatoms. The Balaban J connectivity index is 1.70. The smallest absolute Gasteiger partial charge is 0.225 e. The summed E-state index contributed by atoms with van der Waals surface area (Å²) in [5, 5.41) is 3.74. The number of nitrogens with one attached hydrogen (secondary N) is 1. The fourth-order valence-electron chi connectivity index (χ4n) is 3.45. The number of morpholine rings is 1. The lowest BCUT2D eigenvalue weighted by Gasteiger charge is -2.37. The highest BCUT2D eigenvalue weighted by atomic mass is 16.5. The number of likely N-dealkylation sites (tertiary alicyclic amines) is 1. The molecule has 0 aromatic heterocycles. The van der Waals surface area contributed by atoms with E-state index in [0.29, 0.717) is 18.0 Å². The second-order valence-corrected chi connectivity index (χ2v) is 6.87. The number of hydrogen-bond donors (Lipinski definition) is 1. The summed E-state index contributed by atoms with van der Waals surface area (Å²) in [6.45, 7) is 13.0. The van der Waals surface area contributed by atoms with Gasteiger partial charge < -0.3 is 15.0 Å². The molecular weight excluding hydrogens is 278 g/mol. The lowest BCUT2D eigenvalue weighted by atomic mass is 10.0. The lowest BCUT2D eigenvalue weighted by Crippen LogP contribution is -2.51. The van der Waals surface area contributed by atoms with Crippen LogP contribution in [0.25, 0.3) is 0 Å². The summed E-state index contributed by atoms with van der Waals surface area (Å²) in [5.41, 5.74) is 0. The average molecular weight is 311 g/mol. The minimum atomic E-state index is 0.121. The van der Waals surface area contributed by atoms with Gasteiger partial charge in [-0.15, -0.1) is 0 Å². The third-order valence-corrected chi connectivity index (χ3v) is 4.98. The molecule has 1 amide bonds. The molecule has 128 valence electrons. The zero-order chi connectivity index (χ0) is 15.9. The van der Waals surface area contributed by atoms with Crippen molar-refractivity contribution in [1.82, 2.24) is 15.1 Å². The maximum atomic E-state index is 12.0. The van der Waals surface area contributed by atoms with Gasteiger partial charge in [-0.05, 0) is 19.3 Å². The van der Waals surface area contributed by atoms with Crippen LogP contribution in [-0.2, 0) is 9.53 Å². The molecule has 0 saturated carbocycles. The van der Waals surface area contributed by atoms with Crippen LogP contribution in [0.4, 0.5) is 0 Å². The molecule has 1 N–H and O–H groups in total. The van der Waals surface area contributed by atoms with Gasteiger partial charge in [0.25, 0.3) is 0 Å². The summed E-state index contributed by atoms with van der Waals surface area (Å²) in [4.78, 5) is 16.6. The summed E-state index contributed by atoms with van der Waals surface area (Å²) < 4.78 is 5.44. The molecule has 0 aliphatic carbocycles. The van der Waals surface area contributed by atoms with Gasteiger partial charge >= 0.3 is 0 Å². The Hall–Kier alpha value is -0.650. The molecule has 2 rings (SSSR count). The molecule has 0 aromatic rings. The predicted octanol–water partition coefficient (Wildman–Crippen LogP) is 1.33. The van der Waals surface area contributed by atoms with Gasteiger partial charge in [0.05, 0.1) is 13.2 Å². The number of ether oxygens (including phenoxy) is 1. The van der Waals surface area contributed by atoms with Crippen LogP contribution >= 0.6 is 0 Å². The van der Waals surface area contributed by atoms with E-state index >= 15 is 0 Å². The number of carbonyl (C=O) groups excluding carboxylic acids is 1. The molecule has 2 aliphatic heterocycles. The maximum absolute atomic E-state index is 12.0. The third-order valence-electron chi connectivity index (χ3n) is 4.98. The molecule has 22 heavy (non-hydrogen) atoms. The standard InChI is InChI=1S/C17H33N3O2/c1-4-16(19-9-11-22-12-10-19)13-18-15-5-7-20(8-6-15)17(21)14(2)3/h14-16,18H,4-13H2,1-3H3/t16-/m1/s1. The Bertz CT molecular complexity index is 335. The first-order valence-corrected chi connectivity index (χ1v) is 8.95. The fourth-order valence-corrected chi connectivity index (χ4v) is 3.45. The predicted molar refractivity (Wildman–Crippen MR) is 88.9 cm³/mol. The molecule has 2 fully saturated rings. The largest absolute Gasteiger partial charge is 0.379 e. The monoisotopic (exact) mass is 311 g/mol. The highest BCUT2D eigenvalue weighted by molar-refractivity contribution is 5.78. The van der Waals surface area contributed by atoms with Crippen molar-refractivity contribution in [3.05, 3.63) is 0 Å². The zero-order valence-corrected chi connectivity index (χ0v) is 14.5. The SMILES string of the molecule is CC[C@H](CNC1CCN(C(=O)C(C)C)CC1)N1CCOCC1. The van der Waals surface area contributed by atoms with Gasteiger partial charge in [0.1, 0.15) is 0 Å². The van der Waals surface area contributed by atoms with E-state index in [-0.39, 0.29) is 5.92 Å². The topological polar surface area (TPSA) is 44.8 Å². The first kappa shape index (κ1) is 17.7. The lowest BCUT2D eigenvalue weighted by molar-refractivity contribution is -0.135. The van der Waals surface area contributed by atoms with Crippen LogP contribution in [0.15, 0.2) is 0 Å². The van der Waals surface area contributed by atoms with E-state index in [1.54, 1.807) is 0 Å². The average Bonchev–Trinajstić information content (AvgIpc) is 2.56. The van der Waals surface area contributed by atoms with Crippen LogP contribution in [0.3, 0.4) is 0 Å². The quantitative estimate of drug-likeness (QED) is 0.804. The highest BCUT2D eigenvalue weighted by Crippen LogP contribution is 2.14. The first-order chi connectivity index (χ1) is 10.6. The van der Waals surface area contributed by atoms with Gasteiger partial charge in [0, 0.05) is 50.7 Å². The van der Waals surface area contributed by atoms with E-state index in [1.807, 2.05) is 18.7 Å². The van der Waals surface area contributed by atoms with E-state index in [4.69, 9.17) is 4.74 Å². The van der Waals surface area contributed by atoms with E-state index in [1.165, 1.54) is 6.42 Å². The van der Waals surface area contributed by atoms with Crippen molar-refractivity contribution in [2.24, 2.45) is 5.92 Å². The van der Waals surface area contributed by atoms with Crippen LogP contribution in [0.5, 0.6) is 0 Å². The van der Waals surface area contributed by atoms with Crippen molar-refractivity contribution < 1.29 is 9.53 Å². The van der Waals surface area contributed by atoms with Crippen LogP contribution < -0.4 is 5.32 Å². The molecule has 2 heterocycles.